The second-order valence-electron chi connectivity index (χ2n) is 5.31. The predicted octanol–water partition coefficient (Wildman–Crippen LogP) is 3.96. The Morgan fingerprint density at radius 2 is 1.84 bits per heavy atom. The third kappa shape index (κ3) is 4.00. The number of amides is 1. The lowest BCUT2D eigenvalue weighted by Crippen LogP contribution is -2.42. The number of hydrogen-bond acceptors (Lipinski definition) is 2. The number of nitrogens with zero attached hydrogens (tertiary/aromatic N) is 1. The molecule has 1 atom stereocenters. The SMILES string of the molecule is C[C@@H](Sc1ccccc1)C(=O)N(C)C1CCCCC1. The molecule has 0 aliphatic heterocycles. The standard InChI is InChI=1S/C16H23NOS/c1-13(19-15-11-7-4-8-12-15)16(18)17(2)14-9-5-3-6-10-14/h4,7-8,11-14H,3,5-6,9-10H2,1-2H3/t13-/m1/s1. The molecule has 19 heavy (non-hydrogen) atoms. The van der Waals surface area contributed by atoms with Crippen molar-refractivity contribution < 1.29 is 4.79 Å². The zero-order valence-electron chi connectivity index (χ0n) is 11.8. The molecule has 0 radical (unpaired) electrons. The number of carbonyl (C=O) groups is 1. The van der Waals surface area contributed by atoms with Gasteiger partial charge in [-0.15, -0.1) is 11.8 Å². The summed E-state index contributed by atoms with van der Waals surface area (Å²) in [5.41, 5.74) is 0. The molecular weight excluding hydrogens is 254 g/mol. The monoisotopic (exact) mass is 277 g/mol. The molecule has 0 heterocycles. The van der Waals surface area contributed by atoms with Crippen LogP contribution in [0.15, 0.2) is 35.2 Å². The maximum Gasteiger partial charge on any atom is 0.235 e. The highest BCUT2D eigenvalue weighted by Crippen LogP contribution is 2.27. The van der Waals surface area contributed by atoms with Crippen LogP contribution in [0.2, 0.25) is 0 Å². The van der Waals surface area contributed by atoms with Gasteiger partial charge in [0.15, 0.2) is 0 Å². The third-order valence-electron chi connectivity index (χ3n) is 3.87. The van der Waals surface area contributed by atoms with E-state index in [0.717, 1.165) is 0 Å². The first-order valence-electron chi connectivity index (χ1n) is 7.17. The third-order valence-corrected chi connectivity index (χ3v) is 4.97. The van der Waals surface area contributed by atoms with Gasteiger partial charge in [-0.1, -0.05) is 37.5 Å². The molecule has 0 bridgehead atoms. The fraction of sp³-hybridized carbons (Fsp3) is 0.562. The Kier molecular flexibility index (Phi) is 5.32. The smallest absolute Gasteiger partial charge is 0.235 e. The summed E-state index contributed by atoms with van der Waals surface area (Å²) in [5, 5.41) is -0.00525. The first-order chi connectivity index (χ1) is 9.18. The van der Waals surface area contributed by atoms with Gasteiger partial charge in [-0.05, 0) is 31.9 Å². The Bertz CT molecular complexity index is 400. The molecule has 0 spiro atoms. The van der Waals surface area contributed by atoms with E-state index < -0.39 is 0 Å². The van der Waals surface area contributed by atoms with Crippen LogP contribution >= 0.6 is 11.8 Å². The van der Waals surface area contributed by atoms with Crippen molar-refractivity contribution in [3.8, 4) is 0 Å². The summed E-state index contributed by atoms with van der Waals surface area (Å²) in [7, 11) is 1.97. The van der Waals surface area contributed by atoms with Crippen molar-refractivity contribution in [3.63, 3.8) is 0 Å². The van der Waals surface area contributed by atoms with E-state index in [1.54, 1.807) is 11.8 Å². The first-order valence-corrected chi connectivity index (χ1v) is 8.05. The summed E-state index contributed by atoms with van der Waals surface area (Å²) in [6.45, 7) is 2.01. The molecular formula is C16H23NOS. The minimum Gasteiger partial charge on any atom is -0.342 e. The van der Waals surface area contributed by atoms with E-state index in [0.29, 0.717) is 6.04 Å². The lowest BCUT2D eigenvalue weighted by atomic mass is 9.94. The Morgan fingerprint density at radius 3 is 2.47 bits per heavy atom. The van der Waals surface area contributed by atoms with Gasteiger partial charge in [0.1, 0.15) is 0 Å². The molecule has 1 aromatic rings. The zero-order valence-corrected chi connectivity index (χ0v) is 12.7. The molecule has 1 aromatic carbocycles. The molecule has 1 amide bonds. The Labute approximate surface area is 120 Å². The summed E-state index contributed by atoms with van der Waals surface area (Å²) < 4.78 is 0. The van der Waals surface area contributed by atoms with Crippen LogP contribution in [0.4, 0.5) is 0 Å². The van der Waals surface area contributed by atoms with Crippen LogP contribution in [0, 0.1) is 0 Å². The van der Waals surface area contributed by atoms with Crippen molar-refractivity contribution in [2.75, 3.05) is 7.05 Å². The van der Waals surface area contributed by atoms with Crippen molar-refractivity contribution in [1.82, 2.24) is 4.90 Å². The van der Waals surface area contributed by atoms with Gasteiger partial charge in [0.25, 0.3) is 0 Å². The van der Waals surface area contributed by atoms with Crippen LogP contribution in [-0.4, -0.2) is 29.1 Å². The number of hydrogen-bond donors (Lipinski definition) is 0. The minimum atomic E-state index is -0.00525. The largest absolute Gasteiger partial charge is 0.342 e. The van der Waals surface area contributed by atoms with Crippen molar-refractivity contribution in [2.24, 2.45) is 0 Å². The molecule has 1 fully saturated rings. The lowest BCUT2D eigenvalue weighted by molar-refractivity contribution is -0.131. The maximum atomic E-state index is 12.5. The van der Waals surface area contributed by atoms with Crippen LogP contribution in [0.5, 0.6) is 0 Å². The van der Waals surface area contributed by atoms with Gasteiger partial charge < -0.3 is 4.90 Å². The number of carbonyl (C=O) groups excluding carboxylic acids is 1. The normalized spacial score (nSPS) is 18.0. The average Bonchev–Trinajstić information content (AvgIpc) is 2.47. The van der Waals surface area contributed by atoms with E-state index >= 15 is 0 Å². The molecule has 0 unspecified atom stereocenters. The average molecular weight is 277 g/mol. The summed E-state index contributed by atoms with van der Waals surface area (Å²) in [6, 6.07) is 10.6. The maximum absolute atomic E-state index is 12.5. The Balaban J connectivity index is 1.90. The molecule has 2 rings (SSSR count). The van der Waals surface area contributed by atoms with Crippen LogP contribution < -0.4 is 0 Å². The van der Waals surface area contributed by atoms with Gasteiger partial charge in [0.05, 0.1) is 5.25 Å². The van der Waals surface area contributed by atoms with Gasteiger partial charge in [-0.3, -0.25) is 4.79 Å². The molecule has 2 nitrogen and oxygen atoms in total. The molecule has 104 valence electrons. The molecule has 3 heteroatoms. The number of thioether (sulfide) groups is 1. The summed E-state index contributed by atoms with van der Waals surface area (Å²) in [6.07, 6.45) is 6.20. The van der Waals surface area contributed by atoms with Gasteiger partial charge in [-0.2, -0.15) is 0 Å². The van der Waals surface area contributed by atoms with Crippen LogP contribution in [0.25, 0.3) is 0 Å². The molecule has 0 aromatic heterocycles. The summed E-state index contributed by atoms with van der Waals surface area (Å²) in [5.74, 6) is 0.265. The van der Waals surface area contributed by atoms with Gasteiger partial charge in [0.2, 0.25) is 5.91 Å². The van der Waals surface area contributed by atoms with Crippen LogP contribution in [0.1, 0.15) is 39.0 Å². The van der Waals surface area contributed by atoms with E-state index in [1.165, 1.54) is 37.0 Å². The second kappa shape index (κ2) is 6.99. The van der Waals surface area contributed by atoms with Gasteiger partial charge in [0, 0.05) is 18.0 Å². The van der Waals surface area contributed by atoms with E-state index in [4.69, 9.17) is 0 Å². The highest BCUT2D eigenvalue weighted by Gasteiger charge is 2.25. The van der Waals surface area contributed by atoms with Crippen LogP contribution in [-0.2, 0) is 4.79 Å². The number of rotatable bonds is 4. The highest BCUT2D eigenvalue weighted by molar-refractivity contribution is 8.00. The zero-order chi connectivity index (χ0) is 13.7. The molecule has 1 aliphatic carbocycles. The predicted molar refractivity (Wildman–Crippen MR) is 81.4 cm³/mol. The van der Waals surface area contributed by atoms with Crippen LogP contribution in [0.3, 0.4) is 0 Å². The molecule has 0 N–H and O–H groups in total. The van der Waals surface area contributed by atoms with E-state index in [1.807, 2.05) is 37.1 Å². The first kappa shape index (κ1) is 14.4. The van der Waals surface area contributed by atoms with Crippen molar-refractivity contribution >= 4 is 17.7 Å². The van der Waals surface area contributed by atoms with E-state index in [9.17, 15) is 4.79 Å². The Hall–Kier alpha value is -0.960. The van der Waals surface area contributed by atoms with Gasteiger partial charge in [-0.25, -0.2) is 0 Å². The van der Waals surface area contributed by atoms with E-state index in [2.05, 4.69) is 12.1 Å². The van der Waals surface area contributed by atoms with Gasteiger partial charge >= 0.3 is 0 Å². The second-order valence-corrected chi connectivity index (χ2v) is 6.73. The highest BCUT2D eigenvalue weighted by atomic mass is 32.2. The fourth-order valence-electron chi connectivity index (χ4n) is 2.69. The van der Waals surface area contributed by atoms with Crippen molar-refractivity contribution in [1.29, 1.82) is 0 Å². The summed E-state index contributed by atoms with van der Waals surface area (Å²) >= 11 is 1.65. The number of benzene rings is 1. The quantitative estimate of drug-likeness (QED) is 0.776. The lowest BCUT2D eigenvalue weighted by Gasteiger charge is -2.32. The molecule has 0 saturated heterocycles. The molecule has 1 saturated carbocycles. The minimum absolute atomic E-state index is 0.00525. The summed E-state index contributed by atoms with van der Waals surface area (Å²) in [4.78, 5) is 15.6. The topological polar surface area (TPSA) is 20.3 Å². The van der Waals surface area contributed by atoms with E-state index in [-0.39, 0.29) is 11.2 Å². The van der Waals surface area contributed by atoms with Crippen molar-refractivity contribution in [2.45, 2.75) is 55.2 Å². The van der Waals surface area contributed by atoms with Crippen molar-refractivity contribution in [3.05, 3.63) is 30.3 Å². The molecule has 1 aliphatic rings. The fourth-order valence-corrected chi connectivity index (χ4v) is 3.68. The Morgan fingerprint density at radius 1 is 1.21 bits per heavy atom.